The highest BCUT2D eigenvalue weighted by Gasteiger charge is 2.27. The second kappa shape index (κ2) is 8.88. The van der Waals surface area contributed by atoms with Crippen molar-refractivity contribution in [3.8, 4) is 0 Å². The van der Waals surface area contributed by atoms with Gasteiger partial charge in [-0.3, -0.25) is 4.90 Å². The molecule has 2 amide bonds. The third-order valence-electron chi connectivity index (χ3n) is 5.22. The first-order valence-electron chi connectivity index (χ1n) is 9.28. The van der Waals surface area contributed by atoms with E-state index in [1.807, 2.05) is 30.0 Å². The predicted octanol–water partition coefficient (Wildman–Crippen LogP) is 3.76. The quantitative estimate of drug-likeness (QED) is 0.883. The molecule has 1 unspecified atom stereocenters. The minimum absolute atomic E-state index is 0.0251. The molecule has 2 aliphatic heterocycles. The number of hydrogen-bond acceptors (Lipinski definition) is 3. The summed E-state index contributed by atoms with van der Waals surface area (Å²) in [6.07, 6.45) is 4.37. The summed E-state index contributed by atoms with van der Waals surface area (Å²) >= 11 is 6.26. The molecule has 3 rings (SSSR count). The van der Waals surface area contributed by atoms with Crippen LogP contribution in [0.15, 0.2) is 18.2 Å². The first kappa shape index (κ1) is 18.5. The number of morpholine rings is 1. The van der Waals surface area contributed by atoms with E-state index in [2.05, 4.69) is 10.2 Å². The van der Waals surface area contributed by atoms with Crippen LogP contribution >= 0.6 is 11.6 Å². The summed E-state index contributed by atoms with van der Waals surface area (Å²) in [5.41, 5.74) is 1.72. The van der Waals surface area contributed by atoms with Crippen molar-refractivity contribution in [2.24, 2.45) is 0 Å². The van der Waals surface area contributed by atoms with Gasteiger partial charge in [0.1, 0.15) is 0 Å². The monoisotopic (exact) mass is 365 g/mol. The zero-order chi connectivity index (χ0) is 17.6. The van der Waals surface area contributed by atoms with E-state index in [4.69, 9.17) is 16.3 Å². The molecule has 138 valence electrons. The number of benzene rings is 1. The number of carbonyl (C=O) groups is 1. The van der Waals surface area contributed by atoms with Crippen LogP contribution in [-0.2, 0) is 4.74 Å². The lowest BCUT2D eigenvalue weighted by Gasteiger charge is -2.37. The van der Waals surface area contributed by atoms with Gasteiger partial charge in [0.2, 0.25) is 0 Å². The summed E-state index contributed by atoms with van der Waals surface area (Å²) in [5.74, 6) is 0. The lowest BCUT2D eigenvalue weighted by atomic mass is 9.99. The van der Waals surface area contributed by atoms with Crippen LogP contribution in [0.2, 0.25) is 5.02 Å². The van der Waals surface area contributed by atoms with E-state index < -0.39 is 0 Å². The number of nitrogens with one attached hydrogen (secondary N) is 1. The number of urea groups is 1. The van der Waals surface area contributed by atoms with Gasteiger partial charge < -0.3 is 15.0 Å². The molecule has 2 aliphatic rings. The lowest BCUT2D eigenvalue weighted by molar-refractivity contribution is 0.0329. The van der Waals surface area contributed by atoms with Gasteiger partial charge in [0, 0.05) is 32.2 Å². The fraction of sp³-hybridized carbons (Fsp3) is 0.632. The number of rotatable bonds is 4. The maximum atomic E-state index is 12.9. The van der Waals surface area contributed by atoms with Crippen LogP contribution in [0.1, 0.15) is 31.2 Å². The molecule has 2 heterocycles. The summed E-state index contributed by atoms with van der Waals surface area (Å²) < 4.78 is 5.41. The number of hydrogen-bond donors (Lipinski definition) is 1. The summed E-state index contributed by atoms with van der Waals surface area (Å²) in [6.45, 7) is 7.45. The number of ether oxygens (including phenoxy) is 1. The lowest BCUT2D eigenvalue weighted by Crippen LogP contribution is -2.48. The van der Waals surface area contributed by atoms with Gasteiger partial charge in [-0.15, -0.1) is 0 Å². The van der Waals surface area contributed by atoms with E-state index >= 15 is 0 Å². The topological polar surface area (TPSA) is 44.8 Å². The largest absolute Gasteiger partial charge is 0.379 e. The predicted molar refractivity (Wildman–Crippen MR) is 101 cm³/mol. The normalized spacial score (nSPS) is 22.0. The van der Waals surface area contributed by atoms with Crippen molar-refractivity contribution in [2.45, 2.75) is 38.6 Å². The van der Waals surface area contributed by atoms with E-state index in [0.29, 0.717) is 11.1 Å². The van der Waals surface area contributed by atoms with Crippen molar-refractivity contribution in [2.75, 3.05) is 44.7 Å². The molecule has 1 aromatic rings. The van der Waals surface area contributed by atoms with E-state index in [1.165, 1.54) is 6.42 Å². The zero-order valence-electron chi connectivity index (χ0n) is 15.0. The second-order valence-corrected chi connectivity index (χ2v) is 7.35. The zero-order valence-corrected chi connectivity index (χ0v) is 15.7. The summed E-state index contributed by atoms with van der Waals surface area (Å²) in [4.78, 5) is 17.3. The maximum Gasteiger partial charge on any atom is 0.322 e. The Morgan fingerprint density at radius 2 is 2.08 bits per heavy atom. The number of amides is 2. The number of likely N-dealkylation sites (tertiary alicyclic amines) is 1. The van der Waals surface area contributed by atoms with Gasteiger partial charge >= 0.3 is 6.03 Å². The van der Waals surface area contributed by atoms with E-state index in [0.717, 1.165) is 69.9 Å². The van der Waals surface area contributed by atoms with Crippen molar-refractivity contribution in [1.82, 2.24) is 9.80 Å². The Balaban J connectivity index is 1.60. The number of halogens is 1. The van der Waals surface area contributed by atoms with E-state index in [-0.39, 0.29) is 6.03 Å². The molecule has 1 aromatic carbocycles. The fourth-order valence-electron chi connectivity index (χ4n) is 3.69. The van der Waals surface area contributed by atoms with Gasteiger partial charge in [0.25, 0.3) is 0 Å². The van der Waals surface area contributed by atoms with Gasteiger partial charge in [-0.25, -0.2) is 4.79 Å². The fourth-order valence-corrected chi connectivity index (χ4v) is 3.96. The van der Waals surface area contributed by atoms with Crippen molar-refractivity contribution in [3.05, 3.63) is 28.8 Å². The highest BCUT2D eigenvalue weighted by Crippen LogP contribution is 2.27. The Morgan fingerprint density at radius 1 is 1.28 bits per heavy atom. The summed E-state index contributed by atoms with van der Waals surface area (Å²) in [5, 5.41) is 3.63. The third kappa shape index (κ3) is 4.87. The van der Waals surface area contributed by atoms with Crippen LogP contribution in [0.25, 0.3) is 0 Å². The summed E-state index contributed by atoms with van der Waals surface area (Å²) in [6, 6.07) is 5.96. The molecule has 0 saturated carbocycles. The molecule has 1 atom stereocenters. The molecule has 0 aromatic heterocycles. The third-order valence-corrected chi connectivity index (χ3v) is 5.54. The van der Waals surface area contributed by atoms with Gasteiger partial charge in [-0.2, -0.15) is 0 Å². The highest BCUT2D eigenvalue weighted by molar-refractivity contribution is 6.33. The number of piperidine rings is 1. The van der Waals surface area contributed by atoms with Gasteiger partial charge in [-0.05, 0) is 44.2 Å². The Bertz CT molecular complexity index is 570. The molecule has 25 heavy (non-hydrogen) atoms. The van der Waals surface area contributed by atoms with Crippen LogP contribution in [0.5, 0.6) is 0 Å². The van der Waals surface area contributed by atoms with Crippen LogP contribution in [0, 0.1) is 6.92 Å². The molecule has 1 N–H and O–H groups in total. The Morgan fingerprint density at radius 3 is 2.84 bits per heavy atom. The highest BCUT2D eigenvalue weighted by atomic mass is 35.5. The molecule has 2 fully saturated rings. The molecular formula is C19H28ClN3O2. The maximum absolute atomic E-state index is 12.9. The van der Waals surface area contributed by atoms with Gasteiger partial charge in [0.05, 0.1) is 23.9 Å². The molecule has 2 saturated heterocycles. The number of aryl methyl sites for hydroxylation is 1. The molecule has 0 aliphatic carbocycles. The SMILES string of the molecule is Cc1cccc(Cl)c1NC(=O)N1CCCCC1CCN1CCOCC1. The van der Waals surface area contributed by atoms with E-state index in [1.54, 1.807) is 0 Å². The number of anilines is 1. The minimum atomic E-state index is -0.0251. The van der Waals surface area contributed by atoms with Crippen molar-refractivity contribution >= 4 is 23.3 Å². The molecule has 0 bridgehead atoms. The van der Waals surface area contributed by atoms with Gasteiger partial charge in [0.15, 0.2) is 0 Å². The minimum Gasteiger partial charge on any atom is -0.379 e. The molecule has 0 spiro atoms. The molecule has 6 heteroatoms. The first-order chi connectivity index (χ1) is 12.1. The molecule has 0 radical (unpaired) electrons. The van der Waals surface area contributed by atoms with Gasteiger partial charge in [-0.1, -0.05) is 23.7 Å². The van der Waals surface area contributed by atoms with E-state index in [9.17, 15) is 4.79 Å². The number of nitrogens with zero attached hydrogens (tertiary/aromatic N) is 2. The standard InChI is InChI=1S/C19H28ClN3O2/c1-15-5-4-7-17(20)18(15)21-19(24)23-9-3-2-6-16(23)8-10-22-11-13-25-14-12-22/h4-5,7,16H,2-3,6,8-14H2,1H3,(H,21,24). The molecular weight excluding hydrogens is 338 g/mol. The average Bonchev–Trinajstić information content (AvgIpc) is 2.64. The Labute approximate surface area is 155 Å². The first-order valence-corrected chi connectivity index (χ1v) is 9.66. The average molecular weight is 366 g/mol. The van der Waals surface area contributed by atoms with Crippen LogP contribution in [0.4, 0.5) is 10.5 Å². The summed E-state index contributed by atoms with van der Waals surface area (Å²) in [7, 11) is 0. The van der Waals surface area contributed by atoms with Crippen LogP contribution < -0.4 is 5.32 Å². The number of carbonyl (C=O) groups excluding carboxylic acids is 1. The van der Waals surface area contributed by atoms with Crippen molar-refractivity contribution in [1.29, 1.82) is 0 Å². The second-order valence-electron chi connectivity index (χ2n) is 6.95. The number of para-hydroxylation sites is 1. The smallest absolute Gasteiger partial charge is 0.322 e. The Hall–Kier alpha value is -1.30. The van der Waals surface area contributed by atoms with Crippen LogP contribution in [-0.4, -0.2) is 61.3 Å². The Kier molecular flexibility index (Phi) is 6.57. The van der Waals surface area contributed by atoms with Crippen LogP contribution in [0.3, 0.4) is 0 Å². The van der Waals surface area contributed by atoms with Crippen molar-refractivity contribution < 1.29 is 9.53 Å². The molecule has 5 nitrogen and oxygen atoms in total. The van der Waals surface area contributed by atoms with Crippen molar-refractivity contribution in [3.63, 3.8) is 0 Å².